The van der Waals surface area contributed by atoms with Gasteiger partial charge in [0.15, 0.2) is 11.5 Å². The number of hydrogen-bond acceptors (Lipinski definition) is 6. The SMILES string of the molecule is CCO[C@H]1CCC2Oc3ccc(-c4cncc(Cl)c4)cc3C3(N=C(N)N(C)C3=O)[C@H]2C1. The largest absolute Gasteiger partial charge is 0.490 e. The lowest BCUT2D eigenvalue weighted by molar-refractivity contribution is -0.139. The number of pyridine rings is 1. The molecule has 7 nitrogen and oxygen atoms in total. The Bertz CT molecular complexity index is 1070. The predicted octanol–water partition coefficient (Wildman–Crippen LogP) is 3.35. The molecular weight excluding hydrogens is 416 g/mol. The van der Waals surface area contributed by atoms with E-state index in [1.807, 2.05) is 31.2 Å². The molecule has 162 valence electrons. The standard InChI is InChI=1S/C23H25ClN4O3/c1-3-30-16-5-7-20-18(10-16)23(21(29)28(2)22(25)27-23)17-9-13(4-6-19(17)31-20)14-8-15(24)12-26-11-14/h4,6,8-9,11-12,16,18,20H,3,5,7,10H2,1-2H3,(H2,25,27)/t16-,18-,20?,23?/m0/s1. The molecule has 3 heterocycles. The molecule has 2 N–H and O–H groups in total. The third kappa shape index (κ3) is 3.10. The molecule has 1 fully saturated rings. The van der Waals surface area contributed by atoms with Crippen LogP contribution in [-0.2, 0) is 15.1 Å². The summed E-state index contributed by atoms with van der Waals surface area (Å²) in [5.74, 6) is 0.622. The smallest absolute Gasteiger partial charge is 0.262 e. The Morgan fingerprint density at radius 1 is 1.29 bits per heavy atom. The average molecular weight is 441 g/mol. The average Bonchev–Trinajstić information content (AvgIpc) is 2.99. The van der Waals surface area contributed by atoms with Crippen molar-refractivity contribution in [2.45, 2.75) is 43.9 Å². The number of guanidine groups is 1. The summed E-state index contributed by atoms with van der Waals surface area (Å²) < 4.78 is 12.3. The van der Waals surface area contributed by atoms with Gasteiger partial charge in [0.1, 0.15) is 11.9 Å². The van der Waals surface area contributed by atoms with Gasteiger partial charge >= 0.3 is 0 Å². The van der Waals surface area contributed by atoms with Crippen LogP contribution in [-0.4, -0.2) is 47.6 Å². The highest BCUT2D eigenvalue weighted by Gasteiger charge is 2.61. The fourth-order valence-corrected chi connectivity index (χ4v) is 5.37. The molecule has 1 amide bonds. The molecule has 2 unspecified atom stereocenters. The molecule has 1 aromatic carbocycles. The minimum absolute atomic E-state index is 0.0729. The first-order chi connectivity index (χ1) is 14.9. The summed E-state index contributed by atoms with van der Waals surface area (Å²) in [6, 6.07) is 7.69. The zero-order valence-electron chi connectivity index (χ0n) is 17.5. The van der Waals surface area contributed by atoms with Gasteiger partial charge in [-0.15, -0.1) is 0 Å². The molecule has 2 aromatic rings. The van der Waals surface area contributed by atoms with Crippen LogP contribution in [0.2, 0.25) is 5.02 Å². The van der Waals surface area contributed by atoms with Crippen LogP contribution in [0.25, 0.3) is 11.1 Å². The second kappa shape index (κ2) is 7.50. The lowest BCUT2D eigenvalue weighted by atomic mass is 9.66. The van der Waals surface area contributed by atoms with Crippen LogP contribution in [0, 0.1) is 5.92 Å². The molecule has 8 heteroatoms. The number of ether oxygens (including phenoxy) is 2. The number of nitrogens with two attached hydrogens (primary N) is 1. The third-order valence-corrected chi connectivity index (χ3v) is 6.86. The molecule has 1 spiro atoms. The van der Waals surface area contributed by atoms with Gasteiger partial charge in [-0.2, -0.15) is 0 Å². The number of nitrogens with zero attached hydrogens (tertiary/aromatic N) is 3. The number of likely N-dealkylation sites (N-methyl/N-ethyl adjacent to an activating group) is 1. The van der Waals surface area contributed by atoms with Crippen molar-refractivity contribution in [2.75, 3.05) is 13.7 Å². The molecule has 1 saturated carbocycles. The normalized spacial score (nSPS) is 29.4. The Morgan fingerprint density at radius 2 is 2.13 bits per heavy atom. The number of carbonyl (C=O) groups is 1. The molecule has 5 rings (SSSR count). The Labute approximate surface area is 186 Å². The highest BCUT2D eigenvalue weighted by molar-refractivity contribution is 6.30. The van der Waals surface area contributed by atoms with E-state index in [4.69, 9.17) is 31.8 Å². The van der Waals surface area contributed by atoms with E-state index in [0.29, 0.717) is 23.8 Å². The number of benzene rings is 1. The van der Waals surface area contributed by atoms with Gasteiger partial charge in [-0.1, -0.05) is 17.7 Å². The lowest BCUT2D eigenvalue weighted by Crippen LogP contribution is -2.55. The number of carbonyl (C=O) groups excluding carboxylic acids is 1. The molecular formula is C23H25ClN4O3. The van der Waals surface area contributed by atoms with E-state index in [2.05, 4.69) is 4.98 Å². The van der Waals surface area contributed by atoms with Gasteiger partial charge < -0.3 is 15.2 Å². The summed E-state index contributed by atoms with van der Waals surface area (Å²) in [5.41, 5.74) is 7.54. The Hall–Kier alpha value is -2.64. The van der Waals surface area contributed by atoms with Crippen molar-refractivity contribution >= 4 is 23.5 Å². The molecule has 0 bridgehead atoms. The van der Waals surface area contributed by atoms with Crippen LogP contribution in [0.3, 0.4) is 0 Å². The molecule has 0 radical (unpaired) electrons. The monoisotopic (exact) mass is 440 g/mol. The first-order valence-electron chi connectivity index (χ1n) is 10.6. The summed E-state index contributed by atoms with van der Waals surface area (Å²) in [7, 11) is 1.67. The first-order valence-corrected chi connectivity index (χ1v) is 11.0. The number of fused-ring (bicyclic) bond motifs is 4. The Morgan fingerprint density at radius 3 is 2.84 bits per heavy atom. The zero-order chi connectivity index (χ0) is 21.8. The lowest BCUT2D eigenvalue weighted by Gasteiger charge is -2.47. The molecule has 4 atom stereocenters. The number of halogens is 1. The number of amides is 1. The summed E-state index contributed by atoms with van der Waals surface area (Å²) in [4.78, 5) is 24.1. The van der Waals surface area contributed by atoms with Gasteiger partial charge in [0.05, 0.1) is 11.1 Å². The topological polar surface area (TPSA) is 90.0 Å². The highest BCUT2D eigenvalue weighted by Crippen LogP contribution is 2.54. The van der Waals surface area contributed by atoms with Crippen LogP contribution in [0.1, 0.15) is 31.7 Å². The van der Waals surface area contributed by atoms with E-state index in [0.717, 1.165) is 29.5 Å². The van der Waals surface area contributed by atoms with Crippen molar-refractivity contribution in [2.24, 2.45) is 16.6 Å². The van der Waals surface area contributed by atoms with Crippen LogP contribution in [0.4, 0.5) is 0 Å². The van der Waals surface area contributed by atoms with Gasteiger partial charge in [-0.3, -0.25) is 14.7 Å². The fraction of sp³-hybridized carbons (Fsp3) is 0.435. The van der Waals surface area contributed by atoms with E-state index in [1.165, 1.54) is 4.90 Å². The maximum atomic E-state index is 13.7. The quantitative estimate of drug-likeness (QED) is 0.790. The second-order valence-electron chi connectivity index (χ2n) is 8.36. The Balaban J connectivity index is 1.67. The third-order valence-electron chi connectivity index (χ3n) is 6.65. The minimum Gasteiger partial charge on any atom is -0.490 e. The van der Waals surface area contributed by atoms with Crippen LogP contribution in [0.5, 0.6) is 5.75 Å². The number of rotatable bonds is 3. The van der Waals surface area contributed by atoms with Crippen molar-refractivity contribution in [3.8, 4) is 16.9 Å². The maximum Gasteiger partial charge on any atom is 0.262 e. The number of aromatic nitrogens is 1. The van der Waals surface area contributed by atoms with E-state index in [9.17, 15) is 4.79 Å². The van der Waals surface area contributed by atoms with Gasteiger partial charge in [0.2, 0.25) is 0 Å². The molecule has 1 aromatic heterocycles. The van der Waals surface area contributed by atoms with Crippen molar-refractivity contribution in [3.05, 3.63) is 47.2 Å². The predicted molar refractivity (Wildman–Crippen MR) is 118 cm³/mol. The van der Waals surface area contributed by atoms with Crippen molar-refractivity contribution in [1.82, 2.24) is 9.88 Å². The van der Waals surface area contributed by atoms with Gasteiger partial charge in [0, 0.05) is 43.1 Å². The van der Waals surface area contributed by atoms with Crippen molar-refractivity contribution in [3.63, 3.8) is 0 Å². The van der Waals surface area contributed by atoms with Crippen LogP contribution < -0.4 is 10.5 Å². The van der Waals surface area contributed by atoms with E-state index in [1.54, 1.807) is 19.4 Å². The van der Waals surface area contributed by atoms with Gasteiger partial charge in [-0.05, 0) is 49.9 Å². The van der Waals surface area contributed by atoms with E-state index < -0.39 is 5.54 Å². The zero-order valence-corrected chi connectivity index (χ0v) is 18.3. The van der Waals surface area contributed by atoms with Gasteiger partial charge in [0.25, 0.3) is 5.91 Å². The summed E-state index contributed by atoms with van der Waals surface area (Å²) in [6.45, 7) is 2.63. The summed E-state index contributed by atoms with van der Waals surface area (Å²) >= 11 is 6.16. The fourth-order valence-electron chi connectivity index (χ4n) is 5.19. The van der Waals surface area contributed by atoms with Gasteiger partial charge in [-0.25, -0.2) is 4.99 Å². The van der Waals surface area contributed by atoms with E-state index >= 15 is 0 Å². The molecule has 1 aliphatic carbocycles. The van der Waals surface area contributed by atoms with Crippen LogP contribution in [0.15, 0.2) is 41.7 Å². The minimum atomic E-state index is -1.12. The second-order valence-corrected chi connectivity index (χ2v) is 8.79. The summed E-state index contributed by atoms with van der Waals surface area (Å²) in [5, 5.41) is 0.548. The van der Waals surface area contributed by atoms with Crippen molar-refractivity contribution in [1.29, 1.82) is 0 Å². The molecule has 3 aliphatic rings. The number of hydrogen-bond donors (Lipinski definition) is 1. The first kappa shape index (κ1) is 20.3. The summed E-state index contributed by atoms with van der Waals surface area (Å²) in [6.07, 6.45) is 5.70. The maximum absolute atomic E-state index is 13.7. The number of aliphatic imine (C=N–C) groups is 1. The molecule has 31 heavy (non-hydrogen) atoms. The highest BCUT2D eigenvalue weighted by atomic mass is 35.5. The Kier molecular flexibility index (Phi) is 4.90. The van der Waals surface area contributed by atoms with Crippen LogP contribution >= 0.6 is 11.6 Å². The van der Waals surface area contributed by atoms with Crippen molar-refractivity contribution < 1.29 is 14.3 Å². The molecule has 2 aliphatic heterocycles. The molecule has 0 saturated heterocycles. The van der Waals surface area contributed by atoms with E-state index in [-0.39, 0.29) is 30.0 Å².